The van der Waals surface area contributed by atoms with Gasteiger partial charge in [0.2, 0.25) is 5.91 Å². The molecule has 1 amide bonds. The van der Waals surface area contributed by atoms with E-state index in [4.69, 9.17) is 0 Å². The van der Waals surface area contributed by atoms with Crippen LogP contribution in [0, 0.1) is 0 Å². The molecule has 0 saturated heterocycles. The van der Waals surface area contributed by atoms with Crippen LogP contribution in [0.3, 0.4) is 0 Å². The molecule has 130 valence electrons. The van der Waals surface area contributed by atoms with Gasteiger partial charge in [0.15, 0.2) is 15.7 Å². The van der Waals surface area contributed by atoms with Crippen molar-refractivity contribution in [1.82, 2.24) is 25.5 Å². The van der Waals surface area contributed by atoms with Crippen molar-refractivity contribution in [2.45, 2.75) is 76.0 Å². The molecule has 1 aliphatic rings. The Morgan fingerprint density at radius 1 is 1.35 bits per heavy atom. The molecule has 0 aliphatic heterocycles. The van der Waals surface area contributed by atoms with E-state index < -0.39 is 21.0 Å². The Balaban J connectivity index is 1.99. The van der Waals surface area contributed by atoms with Crippen molar-refractivity contribution in [3.05, 3.63) is 5.82 Å². The van der Waals surface area contributed by atoms with Crippen LogP contribution in [-0.4, -0.2) is 45.8 Å². The predicted molar refractivity (Wildman–Crippen MR) is 85.2 cm³/mol. The summed E-state index contributed by atoms with van der Waals surface area (Å²) in [5, 5.41) is 12.8. The number of carbonyl (C=O) groups excluding carboxylic acids is 1. The first kappa shape index (κ1) is 17.8. The standard InChI is InChI=1S/C14H25N5O3S/c1-3-9-19-13(16-17-18-19)10-23(21,22)11(2)14(20)15-12-7-5-4-6-8-12/h11-12H,3-10H2,1-2H3,(H,15,20). The smallest absolute Gasteiger partial charge is 0.238 e. The van der Waals surface area contributed by atoms with E-state index in [2.05, 4.69) is 20.8 Å². The van der Waals surface area contributed by atoms with Crippen molar-refractivity contribution < 1.29 is 13.2 Å². The molecule has 1 heterocycles. The SMILES string of the molecule is CCCn1nnnc1CS(=O)(=O)C(C)C(=O)NC1CCCCC1. The summed E-state index contributed by atoms with van der Waals surface area (Å²) >= 11 is 0. The number of nitrogens with zero attached hydrogens (tertiary/aromatic N) is 4. The van der Waals surface area contributed by atoms with E-state index in [9.17, 15) is 13.2 Å². The molecule has 0 spiro atoms. The van der Waals surface area contributed by atoms with Crippen LogP contribution in [0.15, 0.2) is 0 Å². The van der Waals surface area contributed by atoms with E-state index in [0.717, 1.165) is 32.1 Å². The van der Waals surface area contributed by atoms with Gasteiger partial charge in [0.1, 0.15) is 11.0 Å². The Hall–Kier alpha value is -1.51. The van der Waals surface area contributed by atoms with Gasteiger partial charge in [-0.3, -0.25) is 4.79 Å². The van der Waals surface area contributed by atoms with Gasteiger partial charge in [0, 0.05) is 12.6 Å². The molecule has 1 N–H and O–H groups in total. The lowest BCUT2D eigenvalue weighted by molar-refractivity contribution is -0.121. The van der Waals surface area contributed by atoms with Gasteiger partial charge in [0.05, 0.1) is 0 Å². The Morgan fingerprint density at radius 2 is 2.04 bits per heavy atom. The van der Waals surface area contributed by atoms with Crippen LogP contribution in [0.5, 0.6) is 0 Å². The molecular weight excluding hydrogens is 318 g/mol. The van der Waals surface area contributed by atoms with Crippen LogP contribution in [0.1, 0.15) is 58.2 Å². The fourth-order valence-electron chi connectivity index (χ4n) is 2.75. The fraction of sp³-hybridized carbons (Fsp3) is 0.857. The minimum Gasteiger partial charge on any atom is -0.352 e. The maximum Gasteiger partial charge on any atom is 0.238 e. The van der Waals surface area contributed by atoms with Crippen molar-refractivity contribution in [2.24, 2.45) is 0 Å². The maximum absolute atomic E-state index is 12.5. The first-order valence-electron chi connectivity index (χ1n) is 8.21. The van der Waals surface area contributed by atoms with Gasteiger partial charge in [-0.25, -0.2) is 13.1 Å². The Labute approximate surface area is 136 Å². The van der Waals surface area contributed by atoms with Crippen LogP contribution in [0.4, 0.5) is 0 Å². The highest BCUT2D eigenvalue weighted by molar-refractivity contribution is 7.92. The minimum atomic E-state index is -3.65. The second-order valence-corrected chi connectivity index (χ2v) is 8.43. The van der Waals surface area contributed by atoms with Crippen molar-refractivity contribution in [3.8, 4) is 0 Å². The Morgan fingerprint density at radius 3 is 2.70 bits per heavy atom. The van der Waals surface area contributed by atoms with Gasteiger partial charge in [-0.2, -0.15) is 0 Å². The molecule has 1 aromatic heterocycles. The van der Waals surface area contributed by atoms with E-state index in [1.165, 1.54) is 18.0 Å². The monoisotopic (exact) mass is 343 g/mol. The normalized spacial score (nSPS) is 17.8. The van der Waals surface area contributed by atoms with Crippen molar-refractivity contribution in [1.29, 1.82) is 0 Å². The van der Waals surface area contributed by atoms with Crippen molar-refractivity contribution in [3.63, 3.8) is 0 Å². The number of carbonyl (C=O) groups is 1. The number of aromatic nitrogens is 4. The average Bonchev–Trinajstić information content (AvgIpc) is 2.94. The van der Waals surface area contributed by atoms with Gasteiger partial charge in [-0.15, -0.1) is 5.10 Å². The van der Waals surface area contributed by atoms with Gasteiger partial charge >= 0.3 is 0 Å². The summed E-state index contributed by atoms with van der Waals surface area (Å²) in [5.41, 5.74) is 0. The molecule has 0 aromatic carbocycles. The molecule has 1 fully saturated rings. The van der Waals surface area contributed by atoms with Gasteiger partial charge in [0.25, 0.3) is 0 Å². The third-order valence-electron chi connectivity index (χ3n) is 4.23. The van der Waals surface area contributed by atoms with Gasteiger partial charge in [-0.05, 0) is 36.6 Å². The van der Waals surface area contributed by atoms with E-state index in [1.807, 2.05) is 6.92 Å². The van der Waals surface area contributed by atoms with Crippen LogP contribution < -0.4 is 5.32 Å². The molecule has 9 heteroatoms. The van der Waals surface area contributed by atoms with Gasteiger partial charge < -0.3 is 5.32 Å². The molecule has 8 nitrogen and oxygen atoms in total. The van der Waals surface area contributed by atoms with Crippen molar-refractivity contribution >= 4 is 15.7 Å². The maximum atomic E-state index is 12.5. The minimum absolute atomic E-state index is 0.0966. The largest absolute Gasteiger partial charge is 0.352 e. The molecule has 0 radical (unpaired) electrons. The van der Waals surface area contributed by atoms with E-state index in [1.54, 1.807) is 0 Å². The lowest BCUT2D eigenvalue weighted by Gasteiger charge is -2.24. The lowest BCUT2D eigenvalue weighted by Crippen LogP contribution is -2.44. The highest BCUT2D eigenvalue weighted by atomic mass is 32.2. The number of tetrazole rings is 1. The van der Waals surface area contributed by atoms with Crippen LogP contribution in [0.2, 0.25) is 0 Å². The molecule has 1 saturated carbocycles. The van der Waals surface area contributed by atoms with Gasteiger partial charge in [-0.1, -0.05) is 26.2 Å². The van der Waals surface area contributed by atoms with Crippen LogP contribution >= 0.6 is 0 Å². The van der Waals surface area contributed by atoms with Crippen molar-refractivity contribution in [2.75, 3.05) is 0 Å². The number of amides is 1. The number of nitrogens with one attached hydrogen (secondary N) is 1. The van der Waals surface area contributed by atoms with E-state index in [-0.39, 0.29) is 17.6 Å². The molecule has 1 atom stereocenters. The summed E-state index contributed by atoms with van der Waals surface area (Å²) in [5.74, 6) is -0.463. The lowest BCUT2D eigenvalue weighted by atomic mass is 9.95. The summed E-state index contributed by atoms with van der Waals surface area (Å²) in [4.78, 5) is 12.2. The summed E-state index contributed by atoms with van der Waals surface area (Å²) in [6, 6.07) is 0.0966. The molecule has 1 aromatic rings. The summed E-state index contributed by atoms with van der Waals surface area (Å²) in [6.07, 6.45) is 5.99. The number of aryl methyl sites for hydroxylation is 1. The zero-order valence-electron chi connectivity index (χ0n) is 13.7. The second-order valence-electron chi connectivity index (χ2n) is 6.11. The third-order valence-corrected chi connectivity index (χ3v) is 6.18. The first-order chi connectivity index (χ1) is 10.9. The van der Waals surface area contributed by atoms with E-state index >= 15 is 0 Å². The first-order valence-corrected chi connectivity index (χ1v) is 9.92. The zero-order valence-corrected chi connectivity index (χ0v) is 14.5. The molecule has 23 heavy (non-hydrogen) atoms. The van der Waals surface area contributed by atoms with Crippen LogP contribution in [-0.2, 0) is 26.9 Å². The second kappa shape index (κ2) is 7.85. The number of hydrogen-bond donors (Lipinski definition) is 1. The molecular formula is C14H25N5O3S. The quantitative estimate of drug-likeness (QED) is 0.786. The molecule has 1 aliphatic carbocycles. The highest BCUT2D eigenvalue weighted by Gasteiger charge is 2.31. The molecule has 0 bridgehead atoms. The zero-order chi connectivity index (χ0) is 16.9. The molecule has 2 rings (SSSR count). The third kappa shape index (κ3) is 4.73. The summed E-state index contributed by atoms with van der Waals surface area (Å²) in [6.45, 7) is 3.95. The van der Waals surface area contributed by atoms with Crippen LogP contribution in [0.25, 0.3) is 0 Å². The Kier molecular flexibility index (Phi) is 6.09. The highest BCUT2D eigenvalue weighted by Crippen LogP contribution is 2.18. The van der Waals surface area contributed by atoms with E-state index in [0.29, 0.717) is 6.54 Å². The predicted octanol–water partition coefficient (Wildman–Crippen LogP) is 0.835. The summed E-state index contributed by atoms with van der Waals surface area (Å²) in [7, 11) is -3.65. The Bertz CT molecular complexity index is 622. The number of hydrogen-bond acceptors (Lipinski definition) is 6. The molecule has 1 unspecified atom stereocenters. The topological polar surface area (TPSA) is 107 Å². The fourth-order valence-corrected chi connectivity index (χ4v) is 3.96. The summed E-state index contributed by atoms with van der Waals surface area (Å²) < 4.78 is 26.4. The number of sulfone groups is 1. The average molecular weight is 343 g/mol. The number of rotatable bonds is 7.